The zero-order chi connectivity index (χ0) is 29.2. The highest BCUT2D eigenvalue weighted by molar-refractivity contribution is 7.99. The average molecular weight is 594 g/mol. The number of nitrogens with zero attached hydrogens (tertiary/aromatic N) is 3. The molecular formula is C32H27N5O3S2. The number of thiocarbonyl (C=S) groups is 1. The van der Waals surface area contributed by atoms with Crippen LogP contribution < -0.4 is 20.5 Å². The molecule has 2 N–H and O–H groups in total. The molecule has 4 aromatic rings. The van der Waals surface area contributed by atoms with Gasteiger partial charge in [-0.15, -0.1) is 0 Å². The number of amides is 3. The Morgan fingerprint density at radius 3 is 2.14 bits per heavy atom. The van der Waals surface area contributed by atoms with Gasteiger partial charge in [0.1, 0.15) is 5.92 Å². The molecule has 0 radical (unpaired) electrons. The smallest absolute Gasteiger partial charge is 0.257 e. The van der Waals surface area contributed by atoms with E-state index < -0.39 is 17.7 Å². The minimum Gasteiger partial charge on any atom is -0.384 e. The van der Waals surface area contributed by atoms with E-state index in [4.69, 9.17) is 12.2 Å². The van der Waals surface area contributed by atoms with Crippen LogP contribution in [0.5, 0.6) is 0 Å². The molecule has 0 saturated carbocycles. The molecule has 2 aliphatic heterocycles. The molecule has 42 heavy (non-hydrogen) atoms. The standard InChI is InChI=1S/C32H27N5O3S2/c1-21-10-9-11-22(18-21)33-19-24-30(39)35(23-12-3-2-4-13-23)32(41)37(31(24)40)34-20-29(38)36-25-14-5-7-16-27(25)42-28-17-8-6-15-26(28)36/h2-18,24,33-34H,19-20H2,1H3. The van der Waals surface area contributed by atoms with Gasteiger partial charge < -0.3 is 5.32 Å². The highest BCUT2D eigenvalue weighted by atomic mass is 32.2. The van der Waals surface area contributed by atoms with Crippen molar-refractivity contribution in [1.82, 2.24) is 10.4 Å². The van der Waals surface area contributed by atoms with Crippen LogP contribution in [0.15, 0.2) is 113 Å². The number of nitrogens with one attached hydrogen (secondary N) is 2. The van der Waals surface area contributed by atoms with Gasteiger partial charge in [-0.3, -0.25) is 24.2 Å². The molecule has 1 atom stereocenters. The predicted molar refractivity (Wildman–Crippen MR) is 169 cm³/mol. The first-order valence-electron chi connectivity index (χ1n) is 13.4. The Morgan fingerprint density at radius 1 is 0.833 bits per heavy atom. The van der Waals surface area contributed by atoms with Crippen molar-refractivity contribution in [2.75, 3.05) is 28.2 Å². The second-order valence-corrected chi connectivity index (χ2v) is 11.3. The number of anilines is 4. The minimum atomic E-state index is -1.08. The number of benzene rings is 4. The van der Waals surface area contributed by atoms with E-state index in [2.05, 4.69) is 10.7 Å². The summed E-state index contributed by atoms with van der Waals surface area (Å²) in [5, 5.41) is 4.34. The first kappa shape index (κ1) is 27.6. The van der Waals surface area contributed by atoms with E-state index in [-0.39, 0.29) is 24.1 Å². The molecule has 0 aliphatic carbocycles. The van der Waals surface area contributed by atoms with Crippen LogP contribution in [0.3, 0.4) is 0 Å². The lowest BCUT2D eigenvalue weighted by molar-refractivity contribution is -0.141. The highest BCUT2D eigenvalue weighted by Crippen LogP contribution is 2.47. The summed E-state index contributed by atoms with van der Waals surface area (Å²) in [6, 6.07) is 32.0. The van der Waals surface area contributed by atoms with E-state index in [1.54, 1.807) is 40.9 Å². The third-order valence-corrected chi connectivity index (χ3v) is 8.53. The molecule has 1 saturated heterocycles. The third kappa shape index (κ3) is 5.27. The normalized spacial score (nSPS) is 16.3. The Bertz CT molecular complexity index is 1650. The number of carbonyl (C=O) groups excluding carboxylic acids is 3. The van der Waals surface area contributed by atoms with Gasteiger partial charge in [0.25, 0.3) is 5.91 Å². The van der Waals surface area contributed by atoms with Gasteiger partial charge in [0.05, 0.1) is 23.6 Å². The van der Waals surface area contributed by atoms with Crippen LogP contribution in [-0.4, -0.2) is 40.9 Å². The molecule has 210 valence electrons. The molecule has 2 aliphatic rings. The van der Waals surface area contributed by atoms with Crippen molar-refractivity contribution in [3.63, 3.8) is 0 Å². The lowest BCUT2D eigenvalue weighted by Gasteiger charge is -2.39. The second kappa shape index (κ2) is 11.8. The van der Waals surface area contributed by atoms with Crippen LogP contribution in [0, 0.1) is 12.8 Å². The summed E-state index contributed by atoms with van der Waals surface area (Å²) in [4.78, 5) is 46.2. The average Bonchev–Trinajstić information content (AvgIpc) is 3.00. The van der Waals surface area contributed by atoms with E-state index in [1.165, 1.54) is 4.90 Å². The molecule has 4 aromatic carbocycles. The zero-order valence-electron chi connectivity index (χ0n) is 22.7. The number of fused-ring (bicyclic) bond motifs is 2. The number of rotatable bonds is 7. The summed E-state index contributed by atoms with van der Waals surface area (Å²) in [6.07, 6.45) is 0. The molecule has 1 unspecified atom stereocenters. The fourth-order valence-electron chi connectivity index (χ4n) is 5.01. The monoisotopic (exact) mass is 593 g/mol. The van der Waals surface area contributed by atoms with E-state index in [0.29, 0.717) is 5.69 Å². The summed E-state index contributed by atoms with van der Waals surface area (Å²) >= 11 is 7.27. The van der Waals surface area contributed by atoms with Gasteiger partial charge in [0, 0.05) is 22.0 Å². The molecule has 2 heterocycles. The van der Waals surface area contributed by atoms with Crippen molar-refractivity contribution in [3.8, 4) is 0 Å². The fourth-order valence-corrected chi connectivity index (χ4v) is 6.42. The van der Waals surface area contributed by atoms with Crippen molar-refractivity contribution in [2.45, 2.75) is 16.7 Å². The Hall–Kier alpha value is -4.51. The van der Waals surface area contributed by atoms with E-state index >= 15 is 0 Å². The quantitative estimate of drug-likeness (QED) is 0.216. The van der Waals surface area contributed by atoms with Crippen LogP contribution in [0.4, 0.5) is 22.7 Å². The lowest BCUT2D eigenvalue weighted by atomic mass is 10.0. The summed E-state index contributed by atoms with van der Waals surface area (Å²) < 4.78 is 0. The number of para-hydroxylation sites is 3. The van der Waals surface area contributed by atoms with Crippen molar-refractivity contribution in [3.05, 3.63) is 109 Å². The van der Waals surface area contributed by atoms with E-state index in [0.717, 1.165) is 37.4 Å². The number of aryl methyl sites for hydroxylation is 1. The number of hydrogen-bond donors (Lipinski definition) is 2. The second-order valence-electron chi connectivity index (χ2n) is 9.87. The molecule has 10 heteroatoms. The summed E-state index contributed by atoms with van der Waals surface area (Å²) in [5.41, 5.74) is 6.87. The third-order valence-electron chi connectivity index (χ3n) is 7.03. The molecule has 6 rings (SSSR count). The van der Waals surface area contributed by atoms with Crippen LogP contribution in [0.25, 0.3) is 0 Å². The Labute approximate surface area is 253 Å². The predicted octanol–water partition coefficient (Wildman–Crippen LogP) is 5.52. The van der Waals surface area contributed by atoms with Gasteiger partial charge in [0.15, 0.2) is 0 Å². The van der Waals surface area contributed by atoms with Crippen molar-refractivity contribution in [2.24, 2.45) is 5.92 Å². The van der Waals surface area contributed by atoms with Gasteiger partial charge in [-0.05, 0) is 73.2 Å². The highest BCUT2D eigenvalue weighted by Gasteiger charge is 2.45. The number of hydrazine groups is 1. The molecule has 0 aromatic heterocycles. The van der Waals surface area contributed by atoms with Crippen molar-refractivity contribution in [1.29, 1.82) is 0 Å². The van der Waals surface area contributed by atoms with Crippen LogP contribution >= 0.6 is 24.0 Å². The molecule has 1 fully saturated rings. The van der Waals surface area contributed by atoms with Crippen LogP contribution in [0.2, 0.25) is 0 Å². The molecule has 3 amide bonds. The molecular weight excluding hydrogens is 567 g/mol. The number of hydrogen-bond acceptors (Lipinski definition) is 7. The first-order chi connectivity index (χ1) is 20.4. The molecule has 8 nitrogen and oxygen atoms in total. The topological polar surface area (TPSA) is 85.0 Å². The van der Waals surface area contributed by atoms with Gasteiger partial charge in [-0.25, -0.2) is 10.4 Å². The minimum absolute atomic E-state index is 0.0363. The Morgan fingerprint density at radius 2 is 1.48 bits per heavy atom. The van der Waals surface area contributed by atoms with Crippen molar-refractivity contribution < 1.29 is 14.4 Å². The van der Waals surface area contributed by atoms with Gasteiger partial charge in [-0.1, -0.05) is 66.4 Å². The summed E-state index contributed by atoms with van der Waals surface area (Å²) in [5.74, 6) is -2.31. The summed E-state index contributed by atoms with van der Waals surface area (Å²) in [6.45, 7) is 1.80. The maximum absolute atomic E-state index is 13.8. The SMILES string of the molecule is Cc1cccc(NCC2C(=O)N(NCC(=O)N3c4ccccc4Sc4ccccc43)C(=S)N(c3ccccc3)C2=O)c1. The molecule has 0 bridgehead atoms. The lowest BCUT2D eigenvalue weighted by Crippen LogP contribution is -2.65. The number of carbonyl (C=O) groups is 3. The van der Waals surface area contributed by atoms with Gasteiger partial charge in [0.2, 0.25) is 16.9 Å². The van der Waals surface area contributed by atoms with Crippen molar-refractivity contribution >= 4 is 69.6 Å². The van der Waals surface area contributed by atoms with E-state index in [1.807, 2.05) is 85.8 Å². The van der Waals surface area contributed by atoms with Gasteiger partial charge in [-0.2, -0.15) is 0 Å². The molecule has 0 spiro atoms. The Balaban J connectivity index is 1.27. The van der Waals surface area contributed by atoms with Gasteiger partial charge >= 0.3 is 0 Å². The first-order valence-corrected chi connectivity index (χ1v) is 14.6. The zero-order valence-corrected chi connectivity index (χ0v) is 24.3. The Kier molecular flexibility index (Phi) is 7.75. The maximum Gasteiger partial charge on any atom is 0.257 e. The largest absolute Gasteiger partial charge is 0.384 e. The maximum atomic E-state index is 13.8. The summed E-state index contributed by atoms with van der Waals surface area (Å²) in [7, 11) is 0. The van der Waals surface area contributed by atoms with E-state index in [9.17, 15) is 14.4 Å². The fraction of sp³-hybridized carbons (Fsp3) is 0.125. The van der Waals surface area contributed by atoms with Crippen LogP contribution in [0.1, 0.15) is 5.56 Å². The van der Waals surface area contributed by atoms with Crippen LogP contribution in [-0.2, 0) is 14.4 Å².